The predicted octanol–water partition coefficient (Wildman–Crippen LogP) is 0.826. The van der Waals surface area contributed by atoms with E-state index in [0.717, 1.165) is 0 Å². The highest BCUT2D eigenvalue weighted by Crippen LogP contribution is 1.94. The molecule has 7 heteroatoms. The summed E-state index contributed by atoms with van der Waals surface area (Å²) in [5.41, 5.74) is 0.229. The molecule has 0 aromatic rings. The van der Waals surface area contributed by atoms with Crippen molar-refractivity contribution in [2.75, 3.05) is 19.7 Å². The van der Waals surface area contributed by atoms with E-state index in [-0.39, 0.29) is 31.2 Å². The molecule has 20 heavy (non-hydrogen) atoms. The normalized spacial score (nSPS) is 11.2. The van der Waals surface area contributed by atoms with Gasteiger partial charge in [-0.05, 0) is 26.3 Å². The Morgan fingerprint density at radius 1 is 1.20 bits per heavy atom. The number of alkyl carbamates (subject to hydrolysis) is 1. The molecule has 0 saturated heterocycles. The molecule has 0 radical (unpaired) electrons. The Bertz CT molecular complexity index is 402. The summed E-state index contributed by atoms with van der Waals surface area (Å²) in [6.07, 6.45) is 4.30. The zero-order chi connectivity index (χ0) is 15.4. The third kappa shape index (κ3) is 9.69. The lowest BCUT2D eigenvalue weighted by atomic mass is 10.2. The van der Waals surface area contributed by atoms with Crippen molar-refractivity contribution in [3.63, 3.8) is 0 Å². The highest BCUT2D eigenvalue weighted by molar-refractivity contribution is 5.87. The number of carboxylic acid groups (broad SMARTS) is 1. The fraction of sp³-hybridized carbons (Fsp3) is 0.462. The zero-order valence-electron chi connectivity index (χ0n) is 11.6. The van der Waals surface area contributed by atoms with Crippen molar-refractivity contribution in [2.24, 2.45) is 0 Å². The van der Waals surface area contributed by atoms with Crippen molar-refractivity contribution in [2.45, 2.75) is 20.3 Å². The maximum absolute atomic E-state index is 11.2. The number of ether oxygens (including phenoxy) is 1. The molecule has 0 aliphatic rings. The summed E-state index contributed by atoms with van der Waals surface area (Å²) in [7, 11) is 0. The largest absolute Gasteiger partial charge is 0.478 e. The summed E-state index contributed by atoms with van der Waals surface area (Å²) in [6, 6.07) is 0. The summed E-state index contributed by atoms with van der Waals surface area (Å²) < 4.78 is 4.80. The number of hydrogen-bond donors (Lipinski definition) is 3. The lowest BCUT2D eigenvalue weighted by molar-refractivity contribution is -0.132. The van der Waals surface area contributed by atoms with Gasteiger partial charge in [0.1, 0.15) is 6.61 Å². The minimum absolute atomic E-state index is 0.0686. The van der Waals surface area contributed by atoms with Crippen LogP contribution in [-0.2, 0) is 14.3 Å². The molecule has 0 fully saturated rings. The van der Waals surface area contributed by atoms with Crippen LogP contribution >= 0.6 is 0 Å². The van der Waals surface area contributed by atoms with Gasteiger partial charge < -0.3 is 20.5 Å². The van der Waals surface area contributed by atoms with Gasteiger partial charge in [0.25, 0.3) is 0 Å². The van der Waals surface area contributed by atoms with Crippen molar-refractivity contribution in [3.8, 4) is 0 Å². The standard InChI is InChI=1S/C13H20N2O5/c1-3-5-11(16)14-8-9-20-13(19)15-7-4-6-10(2)12(17)18/h3,5-6H,4,7-9H2,1-2H3,(H,14,16)(H,15,19)(H,17,18). The van der Waals surface area contributed by atoms with Crippen LogP contribution in [0, 0.1) is 0 Å². The van der Waals surface area contributed by atoms with Crippen LogP contribution in [0.2, 0.25) is 0 Å². The Kier molecular flexibility index (Phi) is 9.37. The number of aliphatic carboxylic acids is 1. The summed E-state index contributed by atoms with van der Waals surface area (Å²) in [5.74, 6) is -1.23. The number of hydrogen-bond acceptors (Lipinski definition) is 4. The molecule has 7 nitrogen and oxygen atoms in total. The van der Waals surface area contributed by atoms with Gasteiger partial charge in [-0.25, -0.2) is 9.59 Å². The van der Waals surface area contributed by atoms with Crippen LogP contribution in [-0.4, -0.2) is 42.8 Å². The number of amides is 2. The second kappa shape index (κ2) is 10.6. The van der Waals surface area contributed by atoms with E-state index in [0.29, 0.717) is 6.42 Å². The molecule has 0 aliphatic heterocycles. The fourth-order valence-corrected chi connectivity index (χ4v) is 1.13. The monoisotopic (exact) mass is 284 g/mol. The average molecular weight is 284 g/mol. The topological polar surface area (TPSA) is 105 Å². The van der Waals surface area contributed by atoms with Gasteiger partial charge in [-0.1, -0.05) is 12.2 Å². The second-order valence-electron chi connectivity index (χ2n) is 3.83. The number of nitrogens with one attached hydrogen (secondary N) is 2. The Balaban J connectivity index is 3.63. The first-order valence-electron chi connectivity index (χ1n) is 6.18. The lowest BCUT2D eigenvalue weighted by Gasteiger charge is -2.06. The van der Waals surface area contributed by atoms with E-state index in [1.54, 1.807) is 13.0 Å². The van der Waals surface area contributed by atoms with Gasteiger partial charge in [-0.3, -0.25) is 4.79 Å². The van der Waals surface area contributed by atoms with Crippen LogP contribution in [0.1, 0.15) is 20.3 Å². The predicted molar refractivity (Wildman–Crippen MR) is 73.2 cm³/mol. The summed E-state index contributed by atoms with van der Waals surface area (Å²) in [4.78, 5) is 32.7. The molecule has 0 unspecified atom stereocenters. The molecule has 0 aliphatic carbocycles. The molecule has 0 bridgehead atoms. The molecule has 0 aromatic heterocycles. The quantitative estimate of drug-likeness (QED) is 0.452. The molecule has 0 saturated carbocycles. The van der Waals surface area contributed by atoms with Crippen LogP contribution in [0.25, 0.3) is 0 Å². The molecule has 0 aromatic carbocycles. The summed E-state index contributed by atoms with van der Waals surface area (Å²) in [6.45, 7) is 3.79. The molecule has 2 amide bonds. The van der Waals surface area contributed by atoms with E-state index in [1.807, 2.05) is 0 Å². The van der Waals surface area contributed by atoms with Crippen molar-refractivity contribution in [1.29, 1.82) is 0 Å². The first-order valence-corrected chi connectivity index (χ1v) is 6.18. The van der Waals surface area contributed by atoms with E-state index >= 15 is 0 Å². The Labute approximate surface area is 117 Å². The molecule has 3 N–H and O–H groups in total. The summed E-state index contributed by atoms with van der Waals surface area (Å²) in [5, 5.41) is 13.6. The van der Waals surface area contributed by atoms with Gasteiger partial charge in [0.2, 0.25) is 5.91 Å². The fourth-order valence-electron chi connectivity index (χ4n) is 1.13. The van der Waals surface area contributed by atoms with Crippen molar-refractivity contribution in [3.05, 3.63) is 23.8 Å². The maximum Gasteiger partial charge on any atom is 0.407 e. The van der Waals surface area contributed by atoms with Crippen molar-refractivity contribution < 1.29 is 24.2 Å². The van der Waals surface area contributed by atoms with Crippen LogP contribution in [0.3, 0.4) is 0 Å². The Morgan fingerprint density at radius 3 is 2.50 bits per heavy atom. The Morgan fingerprint density at radius 2 is 1.90 bits per heavy atom. The maximum atomic E-state index is 11.2. The zero-order valence-corrected chi connectivity index (χ0v) is 11.6. The van der Waals surface area contributed by atoms with E-state index < -0.39 is 12.1 Å². The molecule has 0 spiro atoms. The highest BCUT2D eigenvalue weighted by Gasteiger charge is 2.02. The number of allylic oxidation sites excluding steroid dienone is 1. The van der Waals surface area contributed by atoms with Crippen LogP contribution in [0.5, 0.6) is 0 Å². The summed E-state index contributed by atoms with van der Waals surface area (Å²) >= 11 is 0. The number of carbonyl (C=O) groups excluding carboxylic acids is 2. The van der Waals surface area contributed by atoms with Crippen LogP contribution in [0.15, 0.2) is 23.8 Å². The molecular formula is C13H20N2O5. The molecule has 112 valence electrons. The van der Waals surface area contributed by atoms with E-state index in [1.165, 1.54) is 19.1 Å². The van der Waals surface area contributed by atoms with Crippen LogP contribution < -0.4 is 10.6 Å². The van der Waals surface area contributed by atoms with E-state index in [9.17, 15) is 14.4 Å². The minimum atomic E-state index is -0.982. The third-order valence-corrected chi connectivity index (χ3v) is 2.15. The van der Waals surface area contributed by atoms with Gasteiger partial charge in [-0.15, -0.1) is 0 Å². The van der Waals surface area contributed by atoms with Gasteiger partial charge in [0.15, 0.2) is 0 Å². The molecular weight excluding hydrogens is 264 g/mol. The second-order valence-corrected chi connectivity index (χ2v) is 3.83. The molecule has 0 atom stereocenters. The smallest absolute Gasteiger partial charge is 0.407 e. The van der Waals surface area contributed by atoms with E-state index in [4.69, 9.17) is 9.84 Å². The number of carboxylic acids is 1. The number of rotatable bonds is 8. The highest BCUT2D eigenvalue weighted by atomic mass is 16.5. The van der Waals surface area contributed by atoms with Gasteiger partial charge >= 0.3 is 12.1 Å². The van der Waals surface area contributed by atoms with Crippen molar-refractivity contribution in [1.82, 2.24) is 10.6 Å². The lowest BCUT2D eigenvalue weighted by Crippen LogP contribution is -2.30. The Hall–Kier alpha value is -2.31. The van der Waals surface area contributed by atoms with Gasteiger partial charge in [0.05, 0.1) is 6.54 Å². The molecule has 0 heterocycles. The van der Waals surface area contributed by atoms with Crippen LogP contribution in [0.4, 0.5) is 4.79 Å². The first kappa shape index (κ1) is 17.7. The number of carbonyl (C=O) groups is 3. The third-order valence-electron chi connectivity index (χ3n) is 2.15. The molecule has 0 rings (SSSR count). The van der Waals surface area contributed by atoms with Gasteiger partial charge in [-0.2, -0.15) is 0 Å². The SMILES string of the molecule is CC=CC(=O)NCCOC(=O)NCCC=C(C)C(=O)O. The average Bonchev–Trinajstić information content (AvgIpc) is 2.39. The first-order chi connectivity index (χ1) is 9.47. The minimum Gasteiger partial charge on any atom is -0.478 e. The van der Waals surface area contributed by atoms with Gasteiger partial charge in [0, 0.05) is 12.1 Å². The van der Waals surface area contributed by atoms with Crippen molar-refractivity contribution >= 4 is 18.0 Å². The van der Waals surface area contributed by atoms with E-state index in [2.05, 4.69) is 10.6 Å².